The summed E-state index contributed by atoms with van der Waals surface area (Å²) in [5.74, 6) is 0.199. The average molecular weight is 448 g/mol. The zero-order chi connectivity index (χ0) is 19.2. The Kier molecular flexibility index (Phi) is 7.26. The topological polar surface area (TPSA) is 34.1 Å². The van der Waals surface area contributed by atoms with E-state index in [1.54, 1.807) is 0 Å². The average Bonchev–Trinajstić information content (AvgIpc) is 2.65. The number of Topliss-reactive ketones (excluding diaryl/α,β-unsaturated/α-hetero) is 2. The molecule has 1 aliphatic rings. The van der Waals surface area contributed by atoms with Crippen molar-refractivity contribution in [3.63, 3.8) is 0 Å². The van der Waals surface area contributed by atoms with Crippen molar-refractivity contribution in [2.24, 2.45) is 5.92 Å². The van der Waals surface area contributed by atoms with E-state index in [2.05, 4.69) is 15.9 Å². The van der Waals surface area contributed by atoms with E-state index in [9.17, 15) is 9.59 Å². The summed E-state index contributed by atoms with van der Waals surface area (Å²) in [6.07, 6.45) is 6.14. The van der Waals surface area contributed by atoms with Gasteiger partial charge in [0.2, 0.25) is 0 Å². The van der Waals surface area contributed by atoms with E-state index in [-0.39, 0.29) is 17.6 Å². The first-order chi connectivity index (χ1) is 13.0. The van der Waals surface area contributed by atoms with Gasteiger partial charge in [0.1, 0.15) is 5.78 Å². The van der Waals surface area contributed by atoms with Crippen molar-refractivity contribution in [2.75, 3.05) is 0 Å². The van der Waals surface area contributed by atoms with Crippen molar-refractivity contribution in [3.05, 3.63) is 69.2 Å². The first-order valence-electron chi connectivity index (χ1n) is 9.61. The number of ketones is 2. The van der Waals surface area contributed by atoms with Crippen LogP contribution in [0.2, 0.25) is 5.02 Å². The van der Waals surface area contributed by atoms with Crippen molar-refractivity contribution in [2.45, 2.75) is 50.9 Å². The molecule has 0 spiro atoms. The van der Waals surface area contributed by atoms with Crippen LogP contribution in [0.1, 0.15) is 66.8 Å². The van der Waals surface area contributed by atoms with Gasteiger partial charge >= 0.3 is 0 Å². The molecule has 27 heavy (non-hydrogen) atoms. The van der Waals surface area contributed by atoms with E-state index in [1.165, 1.54) is 0 Å². The van der Waals surface area contributed by atoms with Gasteiger partial charge in [-0.3, -0.25) is 9.59 Å². The fourth-order valence-electron chi connectivity index (χ4n) is 3.94. The summed E-state index contributed by atoms with van der Waals surface area (Å²) in [6, 6.07) is 15.1. The molecule has 4 heteroatoms. The lowest BCUT2D eigenvalue weighted by Crippen LogP contribution is -2.26. The third-order valence-electron chi connectivity index (χ3n) is 5.46. The van der Waals surface area contributed by atoms with Gasteiger partial charge in [-0.1, -0.05) is 71.1 Å². The molecule has 2 atom stereocenters. The second kappa shape index (κ2) is 9.66. The van der Waals surface area contributed by atoms with Crippen LogP contribution < -0.4 is 0 Å². The monoisotopic (exact) mass is 446 g/mol. The lowest BCUT2D eigenvalue weighted by atomic mass is 9.75. The number of benzene rings is 2. The number of hydrogen-bond acceptors (Lipinski definition) is 2. The third-order valence-corrected chi connectivity index (χ3v) is 6.24. The fraction of sp³-hybridized carbons (Fsp3) is 0.391. The SMILES string of the molecule is O=C(C[C@H](c1ccc(Cl)cc1)[C@H]1CCCCCCC1=O)c1ccc(Br)cc1. The van der Waals surface area contributed by atoms with Crippen molar-refractivity contribution in [3.8, 4) is 0 Å². The number of rotatable bonds is 5. The molecule has 0 heterocycles. The molecule has 0 aromatic heterocycles. The predicted octanol–water partition coefficient (Wildman–Crippen LogP) is 7.00. The highest BCUT2D eigenvalue weighted by molar-refractivity contribution is 9.10. The van der Waals surface area contributed by atoms with Gasteiger partial charge in [-0.05, 0) is 42.7 Å². The predicted molar refractivity (Wildman–Crippen MR) is 113 cm³/mol. The molecule has 2 nitrogen and oxygen atoms in total. The molecular formula is C23H24BrClO2. The summed E-state index contributed by atoms with van der Waals surface area (Å²) in [5, 5.41) is 0.667. The maximum atomic E-state index is 13.0. The lowest BCUT2D eigenvalue weighted by molar-refractivity contribution is -0.124. The number of hydrogen-bond donors (Lipinski definition) is 0. The fourth-order valence-corrected chi connectivity index (χ4v) is 4.34. The van der Waals surface area contributed by atoms with E-state index < -0.39 is 0 Å². The number of halogens is 2. The Hall–Kier alpha value is -1.45. The van der Waals surface area contributed by atoms with E-state index in [4.69, 9.17) is 11.6 Å². The molecule has 0 bridgehead atoms. The molecule has 1 fully saturated rings. The minimum atomic E-state index is -0.0935. The molecular weight excluding hydrogens is 424 g/mol. The van der Waals surface area contributed by atoms with Gasteiger partial charge in [-0.25, -0.2) is 0 Å². The highest BCUT2D eigenvalue weighted by Gasteiger charge is 2.31. The highest BCUT2D eigenvalue weighted by atomic mass is 79.9. The molecule has 0 amide bonds. The van der Waals surface area contributed by atoms with Crippen LogP contribution in [0.3, 0.4) is 0 Å². The first-order valence-corrected chi connectivity index (χ1v) is 10.8. The zero-order valence-corrected chi connectivity index (χ0v) is 17.6. The Morgan fingerprint density at radius 3 is 2.37 bits per heavy atom. The van der Waals surface area contributed by atoms with Crippen LogP contribution in [0.5, 0.6) is 0 Å². The molecule has 142 valence electrons. The molecule has 0 saturated heterocycles. The third kappa shape index (κ3) is 5.52. The lowest BCUT2D eigenvalue weighted by Gasteiger charge is -2.28. The van der Waals surface area contributed by atoms with E-state index in [0.29, 0.717) is 29.2 Å². The minimum Gasteiger partial charge on any atom is -0.299 e. The van der Waals surface area contributed by atoms with Gasteiger partial charge in [0.05, 0.1) is 0 Å². The van der Waals surface area contributed by atoms with E-state index >= 15 is 0 Å². The maximum Gasteiger partial charge on any atom is 0.163 e. The quantitative estimate of drug-likeness (QED) is 0.462. The van der Waals surface area contributed by atoms with Crippen LogP contribution in [0.15, 0.2) is 53.0 Å². The summed E-state index contributed by atoms with van der Waals surface area (Å²) in [4.78, 5) is 25.8. The summed E-state index contributed by atoms with van der Waals surface area (Å²) >= 11 is 9.46. The molecule has 0 unspecified atom stereocenters. The summed E-state index contributed by atoms with van der Waals surface area (Å²) in [7, 11) is 0. The Morgan fingerprint density at radius 2 is 1.67 bits per heavy atom. The van der Waals surface area contributed by atoms with Crippen LogP contribution >= 0.6 is 27.5 Å². The van der Waals surface area contributed by atoms with Gasteiger partial charge in [0.25, 0.3) is 0 Å². The molecule has 1 saturated carbocycles. The number of carbonyl (C=O) groups is 2. The van der Waals surface area contributed by atoms with E-state index in [0.717, 1.165) is 42.1 Å². The second-order valence-electron chi connectivity index (χ2n) is 7.32. The maximum absolute atomic E-state index is 13.0. The highest BCUT2D eigenvalue weighted by Crippen LogP contribution is 2.36. The minimum absolute atomic E-state index is 0.0808. The normalized spacial score (nSPS) is 19.2. The molecule has 3 rings (SSSR count). The second-order valence-corrected chi connectivity index (χ2v) is 8.67. The molecule has 0 radical (unpaired) electrons. The molecule has 2 aromatic rings. The van der Waals surface area contributed by atoms with Crippen LogP contribution in [0, 0.1) is 5.92 Å². The van der Waals surface area contributed by atoms with Crippen molar-refractivity contribution in [1.82, 2.24) is 0 Å². The smallest absolute Gasteiger partial charge is 0.163 e. The summed E-state index contributed by atoms with van der Waals surface area (Å²) < 4.78 is 0.948. The van der Waals surface area contributed by atoms with Crippen molar-refractivity contribution >= 4 is 39.1 Å². The molecule has 0 N–H and O–H groups in total. The largest absolute Gasteiger partial charge is 0.299 e. The van der Waals surface area contributed by atoms with Crippen LogP contribution in [-0.2, 0) is 4.79 Å². The summed E-state index contributed by atoms with van der Waals surface area (Å²) in [6.45, 7) is 0. The number of carbonyl (C=O) groups excluding carboxylic acids is 2. The molecule has 1 aliphatic carbocycles. The van der Waals surface area contributed by atoms with Crippen molar-refractivity contribution in [1.29, 1.82) is 0 Å². The Labute approximate surface area is 174 Å². The Morgan fingerprint density at radius 1 is 1.00 bits per heavy atom. The van der Waals surface area contributed by atoms with Gasteiger partial charge in [-0.15, -0.1) is 0 Å². The van der Waals surface area contributed by atoms with E-state index in [1.807, 2.05) is 48.5 Å². The van der Waals surface area contributed by atoms with Gasteiger partial charge in [0, 0.05) is 39.7 Å². The Bertz CT molecular complexity index is 783. The van der Waals surface area contributed by atoms with Crippen molar-refractivity contribution < 1.29 is 9.59 Å². The van der Waals surface area contributed by atoms with Gasteiger partial charge in [-0.2, -0.15) is 0 Å². The zero-order valence-electron chi connectivity index (χ0n) is 15.3. The molecule has 0 aliphatic heterocycles. The van der Waals surface area contributed by atoms with Crippen LogP contribution in [0.25, 0.3) is 0 Å². The molecule has 2 aromatic carbocycles. The van der Waals surface area contributed by atoms with Crippen LogP contribution in [-0.4, -0.2) is 11.6 Å². The van der Waals surface area contributed by atoms with Crippen LogP contribution in [0.4, 0.5) is 0 Å². The standard InChI is InChI=1S/C23H24BrClO2/c24-18-11-7-17(8-12-18)23(27)15-21(16-9-13-19(25)14-10-16)20-5-3-1-2-4-6-22(20)26/h7-14,20-21H,1-6,15H2/t20-,21-/m1/s1. The Balaban J connectivity index is 1.88. The van der Waals surface area contributed by atoms with Gasteiger partial charge in [0.15, 0.2) is 5.78 Å². The summed E-state index contributed by atoms with van der Waals surface area (Å²) in [5.41, 5.74) is 1.72. The first kappa shape index (κ1) is 20.3. The van der Waals surface area contributed by atoms with Gasteiger partial charge < -0.3 is 0 Å².